The second-order valence-corrected chi connectivity index (χ2v) is 7.54. The maximum absolute atomic E-state index is 13.0. The first kappa shape index (κ1) is 18.6. The fraction of sp³-hybridized carbons (Fsp3) is 0.381. The molecule has 0 radical (unpaired) electrons. The summed E-state index contributed by atoms with van der Waals surface area (Å²) in [6.07, 6.45) is 2.60. The molecule has 2 aliphatic rings. The number of nitrogens with zero attached hydrogens (tertiary/aromatic N) is 2. The van der Waals surface area contributed by atoms with E-state index in [1.54, 1.807) is 6.07 Å². The summed E-state index contributed by atoms with van der Waals surface area (Å²) in [7, 11) is 0. The molecule has 0 aromatic heterocycles. The van der Waals surface area contributed by atoms with Crippen molar-refractivity contribution in [3.05, 3.63) is 69.5 Å². The van der Waals surface area contributed by atoms with E-state index in [-0.39, 0.29) is 17.3 Å². The second-order valence-electron chi connectivity index (χ2n) is 7.54. The number of hydrogen-bond donors (Lipinski definition) is 0. The molecule has 2 heterocycles. The maximum atomic E-state index is 13.0. The highest BCUT2D eigenvalue weighted by atomic mass is 19.1. The molecule has 1 saturated heterocycles. The van der Waals surface area contributed by atoms with E-state index >= 15 is 0 Å². The molecule has 2 aliphatic heterocycles. The molecule has 28 heavy (non-hydrogen) atoms. The van der Waals surface area contributed by atoms with Crippen LogP contribution in [0.2, 0.25) is 0 Å². The SMILES string of the molecule is O=C(CCCN1CCC2(Cc3cccc([N+](=O)[O-])c3O2)C1)c1ccc(F)cc1. The fourth-order valence-corrected chi connectivity index (χ4v) is 4.16. The van der Waals surface area contributed by atoms with Gasteiger partial charge in [-0.1, -0.05) is 12.1 Å². The zero-order valence-corrected chi connectivity index (χ0v) is 15.4. The number of benzene rings is 2. The smallest absolute Gasteiger partial charge is 0.311 e. The molecule has 1 spiro atoms. The highest BCUT2D eigenvalue weighted by molar-refractivity contribution is 5.95. The van der Waals surface area contributed by atoms with E-state index in [1.165, 1.54) is 30.3 Å². The molecule has 0 bridgehead atoms. The highest BCUT2D eigenvalue weighted by Crippen LogP contribution is 2.45. The van der Waals surface area contributed by atoms with Gasteiger partial charge in [-0.2, -0.15) is 0 Å². The number of hydrogen-bond acceptors (Lipinski definition) is 5. The van der Waals surface area contributed by atoms with Gasteiger partial charge in [0.05, 0.1) is 4.92 Å². The topological polar surface area (TPSA) is 72.7 Å². The first-order valence-electron chi connectivity index (χ1n) is 9.42. The average Bonchev–Trinajstić information content (AvgIpc) is 3.24. The van der Waals surface area contributed by atoms with Crippen molar-refractivity contribution in [1.29, 1.82) is 0 Å². The standard InChI is InChI=1S/C21H21FN2O4/c22-17-8-6-15(7-9-17)19(25)5-2-11-23-12-10-21(14-23)13-16-3-1-4-18(24(26)27)20(16)28-21/h1,3-4,6-9H,2,5,10-14H2. The van der Waals surface area contributed by atoms with E-state index < -0.39 is 10.5 Å². The number of nitro benzene ring substituents is 1. The van der Waals surface area contributed by atoms with Crippen LogP contribution in [0.4, 0.5) is 10.1 Å². The van der Waals surface area contributed by atoms with Crippen LogP contribution in [0, 0.1) is 15.9 Å². The summed E-state index contributed by atoms with van der Waals surface area (Å²) in [6, 6.07) is 10.7. The number of halogens is 1. The van der Waals surface area contributed by atoms with Crippen LogP contribution in [0.5, 0.6) is 5.75 Å². The minimum atomic E-state index is -0.407. The average molecular weight is 384 g/mol. The lowest BCUT2D eigenvalue weighted by Crippen LogP contribution is -2.38. The lowest BCUT2D eigenvalue weighted by atomic mass is 9.96. The van der Waals surface area contributed by atoms with Gasteiger partial charge in [0.25, 0.3) is 0 Å². The Labute approximate surface area is 162 Å². The molecule has 1 fully saturated rings. The van der Waals surface area contributed by atoms with Crippen LogP contribution >= 0.6 is 0 Å². The van der Waals surface area contributed by atoms with Crippen LogP contribution in [0.25, 0.3) is 0 Å². The quantitative estimate of drug-likeness (QED) is 0.431. The monoisotopic (exact) mass is 384 g/mol. The van der Waals surface area contributed by atoms with E-state index in [1.807, 2.05) is 6.07 Å². The number of fused-ring (bicyclic) bond motifs is 1. The van der Waals surface area contributed by atoms with Crippen molar-refractivity contribution in [2.75, 3.05) is 19.6 Å². The van der Waals surface area contributed by atoms with Gasteiger partial charge in [-0.15, -0.1) is 0 Å². The van der Waals surface area contributed by atoms with Crippen LogP contribution in [-0.2, 0) is 6.42 Å². The summed E-state index contributed by atoms with van der Waals surface area (Å²) < 4.78 is 19.1. The Kier molecular flexibility index (Phi) is 4.85. The van der Waals surface area contributed by atoms with Crippen molar-refractivity contribution in [2.24, 2.45) is 0 Å². The van der Waals surface area contributed by atoms with E-state index in [4.69, 9.17) is 4.74 Å². The Hall–Kier alpha value is -2.80. The van der Waals surface area contributed by atoms with Crippen molar-refractivity contribution in [3.8, 4) is 5.75 Å². The minimum Gasteiger partial charge on any atom is -0.478 e. The van der Waals surface area contributed by atoms with Gasteiger partial charge < -0.3 is 4.74 Å². The normalized spacial score (nSPS) is 20.9. The molecule has 6 nitrogen and oxygen atoms in total. The van der Waals surface area contributed by atoms with Gasteiger partial charge >= 0.3 is 5.69 Å². The van der Waals surface area contributed by atoms with Crippen molar-refractivity contribution in [1.82, 2.24) is 4.90 Å². The van der Waals surface area contributed by atoms with Gasteiger partial charge in [0.2, 0.25) is 5.75 Å². The summed E-state index contributed by atoms with van der Waals surface area (Å²) in [6.45, 7) is 2.30. The molecule has 7 heteroatoms. The molecule has 1 unspecified atom stereocenters. The summed E-state index contributed by atoms with van der Waals surface area (Å²) in [5.41, 5.74) is 1.04. The Morgan fingerprint density at radius 1 is 1.25 bits per heavy atom. The van der Waals surface area contributed by atoms with Crippen LogP contribution < -0.4 is 4.74 Å². The number of carbonyl (C=O) groups is 1. The molecule has 1 atom stereocenters. The molecule has 146 valence electrons. The third kappa shape index (κ3) is 3.62. The number of rotatable bonds is 6. The first-order chi connectivity index (χ1) is 13.5. The predicted octanol–water partition coefficient (Wildman–Crippen LogP) is 3.78. The van der Waals surface area contributed by atoms with E-state index in [9.17, 15) is 19.3 Å². The number of para-hydroxylation sites is 1. The molecular weight excluding hydrogens is 363 g/mol. The molecule has 0 aliphatic carbocycles. The number of ketones is 1. The Morgan fingerprint density at radius 3 is 2.79 bits per heavy atom. The van der Waals surface area contributed by atoms with Gasteiger partial charge in [0, 0.05) is 49.5 Å². The molecule has 0 N–H and O–H groups in total. The Balaban J connectivity index is 1.31. The molecule has 2 aromatic rings. The highest BCUT2D eigenvalue weighted by Gasteiger charge is 2.46. The zero-order chi connectivity index (χ0) is 19.7. The van der Waals surface area contributed by atoms with Crippen molar-refractivity contribution >= 4 is 11.5 Å². The third-order valence-corrected chi connectivity index (χ3v) is 5.54. The minimum absolute atomic E-state index is 0.00839. The Morgan fingerprint density at radius 2 is 2.04 bits per heavy atom. The zero-order valence-electron chi connectivity index (χ0n) is 15.4. The van der Waals surface area contributed by atoms with Crippen molar-refractivity contribution in [3.63, 3.8) is 0 Å². The summed E-state index contributed by atoms with van der Waals surface area (Å²) in [5.74, 6) is 0.0617. The van der Waals surface area contributed by atoms with Crippen molar-refractivity contribution in [2.45, 2.75) is 31.3 Å². The van der Waals surface area contributed by atoms with E-state index in [0.717, 1.165) is 25.1 Å². The largest absolute Gasteiger partial charge is 0.478 e. The summed E-state index contributed by atoms with van der Waals surface area (Å²) in [4.78, 5) is 25.3. The lowest BCUT2D eigenvalue weighted by molar-refractivity contribution is -0.386. The number of Topliss-reactive ketones (excluding diaryl/α,β-unsaturated/α-hetero) is 1. The van der Waals surface area contributed by atoms with Crippen LogP contribution in [0.3, 0.4) is 0 Å². The lowest BCUT2D eigenvalue weighted by Gasteiger charge is -2.23. The molecular formula is C21H21FN2O4. The maximum Gasteiger partial charge on any atom is 0.311 e. The van der Waals surface area contributed by atoms with Gasteiger partial charge in [-0.3, -0.25) is 19.8 Å². The predicted molar refractivity (Wildman–Crippen MR) is 101 cm³/mol. The molecule has 2 aromatic carbocycles. The first-order valence-corrected chi connectivity index (χ1v) is 9.42. The van der Waals surface area contributed by atoms with E-state index in [2.05, 4.69) is 4.90 Å². The Bertz CT molecular complexity index is 915. The molecule has 4 rings (SSSR count). The van der Waals surface area contributed by atoms with Gasteiger partial charge in [-0.25, -0.2) is 4.39 Å². The molecule has 0 saturated carbocycles. The van der Waals surface area contributed by atoms with Gasteiger partial charge in [0.15, 0.2) is 5.78 Å². The number of ether oxygens (including phenoxy) is 1. The van der Waals surface area contributed by atoms with Gasteiger partial charge in [-0.05, 0) is 37.2 Å². The van der Waals surface area contributed by atoms with Gasteiger partial charge in [0.1, 0.15) is 11.4 Å². The molecule has 0 amide bonds. The van der Waals surface area contributed by atoms with E-state index in [0.29, 0.717) is 37.1 Å². The number of carbonyl (C=O) groups excluding carboxylic acids is 1. The second kappa shape index (κ2) is 7.31. The fourth-order valence-electron chi connectivity index (χ4n) is 4.16. The van der Waals surface area contributed by atoms with Crippen LogP contribution in [0.15, 0.2) is 42.5 Å². The van der Waals surface area contributed by atoms with Crippen LogP contribution in [-0.4, -0.2) is 40.8 Å². The number of likely N-dealkylation sites (tertiary alicyclic amines) is 1. The summed E-state index contributed by atoms with van der Waals surface area (Å²) >= 11 is 0. The van der Waals surface area contributed by atoms with Crippen LogP contribution in [0.1, 0.15) is 35.2 Å². The third-order valence-electron chi connectivity index (χ3n) is 5.54. The number of nitro groups is 1. The van der Waals surface area contributed by atoms with Crippen molar-refractivity contribution < 1.29 is 18.8 Å². The summed E-state index contributed by atoms with van der Waals surface area (Å²) in [5, 5.41) is 11.2.